The largest absolute Gasteiger partial charge is 0.417 e. The average molecular weight is 442 g/mol. The number of amides is 3. The van der Waals surface area contributed by atoms with Gasteiger partial charge in [0.25, 0.3) is 0 Å². The molecule has 0 unspecified atom stereocenters. The molecule has 0 bridgehead atoms. The zero-order valence-corrected chi connectivity index (χ0v) is 16.5. The van der Waals surface area contributed by atoms with Crippen molar-refractivity contribution in [3.63, 3.8) is 0 Å². The zero-order valence-electron chi connectivity index (χ0n) is 15.7. The van der Waals surface area contributed by atoms with Gasteiger partial charge in [0.2, 0.25) is 5.91 Å². The van der Waals surface area contributed by atoms with E-state index < -0.39 is 23.8 Å². The Morgan fingerprint density at radius 2 is 1.77 bits per heavy atom. The number of hydrogen-bond donors (Lipinski definition) is 2. The van der Waals surface area contributed by atoms with Crippen LogP contribution in [-0.4, -0.2) is 48.0 Å². The summed E-state index contributed by atoms with van der Waals surface area (Å²) < 4.78 is 38.4. The van der Waals surface area contributed by atoms with Gasteiger partial charge < -0.3 is 20.9 Å². The minimum atomic E-state index is -4.53. The maximum absolute atomic E-state index is 13.0. The van der Waals surface area contributed by atoms with Gasteiger partial charge in [-0.2, -0.15) is 13.2 Å². The van der Waals surface area contributed by atoms with Gasteiger partial charge in [0, 0.05) is 32.4 Å². The summed E-state index contributed by atoms with van der Waals surface area (Å²) in [5, 5.41) is 2.35. The van der Waals surface area contributed by atoms with Crippen LogP contribution in [0.15, 0.2) is 42.6 Å². The van der Waals surface area contributed by atoms with Gasteiger partial charge in [-0.15, -0.1) is 0 Å². The predicted molar refractivity (Wildman–Crippen MR) is 105 cm³/mol. The van der Waals surface area contributed by atoms with E-state index in [2.05, 4.69) is 10.3 Å². The van der Waals surface area contributed by atoms with Gasteiger partial charge >= 0.3 is 12.2 Å². The lowest BCUT2D eigenvalue weighted by molar-refractivity contribution is -0.138. The minimum Gasteiger partial charge on any atom is -0.352 e. The number of pyridine rings is 1. The fraction of sp³-hybridized carbons (Fsp3) is 0.316. The molecule has 3 N–H and O–H groups in total. The van der Waals surface area contributed by atoms with Crippen molar-refractivity contribution < 1.29 is 22.8 Å². The van der Waals surface area contributed by atoms with Gasteiger partial charge in [-0.3, -0.25) is 4.79 Å². The lowest BCUT2D eigenvalue weighted by Gasteiger charge is -2.37. The monoisotopic (exact) mass is 441 g/mol. The number of rotatable bonds is 4. The molecule has 1 aliphatic rings. The first-order valence-corrected chi connectivity index (χ1v) is 9.42. The molecular formula is C19H19ClF3N5O2. The summed E-state index contributed by atoms with van der Waals surface area (Å²) in [6.07, 6.45) is -3.79. The second-order valence-electron chi connectivity index (χ2n) is 6.69. The van der Waals surface area contributed by atoms with E-state index in [1.54, 1.807) is 40.1 Å². The zero-order chi connectivity index (χ0) is 21.9. The number of nitrogens with zero attached hydrogens (tertiary/aromatic N) is 3. The van der Waals surface area contributed by atoms with Crippen LogP contribution in [0.4, 0.5) is 23.8 Å². The normalized spacial score (nSPS) is 15.6. The second-order valence-corrected chi connectivity index (χ2v) is 7.10. The number of aromatic nitrogens is 1. The Morgan fingerprint density at radius 3 is 2.30 bits per heavy atom. The number of nitrogens with one attached hydrogen (secondary N) is 1. The number of anilines is 1. The Balaban J connectivity index is 1.70. The highest BCUT2D eigenvalue weighted by Gasteiger charge is 2.33. The van der Waals surface area contributed by atoms with Crippen LogP contribution >= 0.6 is 11.6 Å². The average Bonchev–Trinajstić information content (AvgIpc) is 2.71. The summed E-state index contributed by atoms with van der Waals surface area (Å²) in [6.45, 7) is 1.20. The molecule has 3 rings (SSSR count). The molecule has 0 saturated carbocycles. The van der Waals surface area contributed by atoms with Crippen molar-refractivity contribution in [3.05, 3.63) is 58.7 Å². The number of nitrogens with two attached hydrogens (primary N) is 1. The van der Waals surface area contributed by atoms with Crippen molar-refractivity contribution in [3.8, 4) is 0 Å². The van der Waals surface area contributed by atoms with Gasteiger partial charge in [0.15, 0.2) is 0 Å². The molecule has 1 atom stereocenters. The molecule has 1 aromatic heterocycles. The molecule has 1 fully saturated rings. The first-order chi connectivity index (χ1) is 14.2. The molecule has 1 aromatic carbocycles. The highest BCUT2D eigenvalue weighted by atomic mass is 35.5. The number of primary amides is 1. The summed E-state index contributed by atoms with van der Waals surface area (Å²) in [5.74, 6) is -0.0993. The van der Waals surface area contributed by atoms with Crippen molar-refractivity contribution in [2.45, 2.75) is 12.2 Å². The number of carbonyl (C=O) groups excluding carboxylic acids is 2. The SMILES string of the molecule is NC(=O)N[C@H](C(=O)N1CCN(c2ncc(C(F)(F)F)cc2Cl)CC1)c1ccccc1. The van der Waals surface area contributed by atoms with Crippen LogP contribution in [0, 0.1) is 0 Å². The fourth-order valence-electron chi connectivity index (χ4n) is 3.22. The van der Waals surface area contributed by atoms with Crippen LogP contribution in [0.25, 0.3) is 0 Å². The summed E-state index contributed by atoms with van der Waals surface area (Å²) >= 11 is 6.01. The Bertz CT molecular complexity index is 918. The van der Waals surface area contributed by atoms with E-state index in [1.807, 2.05) is 0 Å². The maximum Gasteiger partial charge on any atom is 0.417 e. The summed E-state index contributed by atoms with van der Waals surface area (Å²) in [4.78, 5) is 31.5. The van der Waals surface area contributed by atoms with E-state index in [0.717, 1.165) is 12.3 Å². The van der Waals surface area contributed by atoms with Gasteiger partial charge in [0.05, 0.1) is 10.6 Å². The molecule has 2 heterocycles. The molecule has 1 aliphatic heterocycles. The molecule has 11 heteroatoms. The molecule has 2 aromatic rings. The number of urea groups is 1. The molecule has 0 radical (unpaired) electrons. The molecular weight excluding hydrogens is 423 g/mol. The Labute approximate surface area is 175 Å². The molecule has 3 amide bonds. The standard InChI is InChI=1S/C19H19ClF3N5O2/c20-14-10-13(19(21,22)23)11-25-16(14)27-6-8-28(9-7-27)17(29)15(26-18(24)30)12-4-2-1-3-5-12/h1-5,10-11,15H,6-9H2,(H3,24,26,30)/t15-/m0/s1. The number of halogens is 4. The van der Waals surface area contributed by atoms with E-state index in [9.17, 15) is 22.8 Å². The van der Waals surface area contributed by atoms with Crippen LogP contribution in [-0.2, 0) is 11.0 Å². The van der Waals surface area contributed by atoms with Gasteiger partial charge in [0.1, 0.15) is 11.9 Å². The van der Waals surface area contributed by atoms with Gasteiger partial charge in [-0.05, 0) is 11.6 Å². The van der Waals surface area contributed by atoms with E-state index in [0.29, 0.717) is 18.7 Å². The number of hydrogen-bond acceptors (Lipinski definition) is 4. The van der Waals surface area contributed by atoms with Crippen molar-refractivity contribution in [1.82, 2.24) is 15.2 Å². The van der Waals surface area contributed by atoms with Crippen LogP contribution < -0.4 is 16.0 Å². The highest BCUT2D eigenvalue weighted by Crippen LogP contribution is 2.33. The number of carbonyl (C=O) groups is 2. The molecule has 0 spiro atoms. The number of alkyl halides is 3. The molecule has 160 valence electrons. The summed E-state index contributed by atoms with van der Waals surface area (Å²) in [5.41, 5.74) is 4.89. The van der Waals surface area contributed by atoms with E-state index in [1.165, 1.54) is 0 Å². The molecule has 0 aliphatic carbocycles. The van der Waals surface area contributed by atoms with Crippen LogP contribution in [0.5, 0.6) is 0 Å². The van der Waals surface area contributed by atoms with E-state index in [-0.39, 0.29) is 29.8 Å². The van der Waals surface area contributed by atoms with Crippen LogP contribution in [0.2, 0.25) is 5.02 Å². The molecule has 7 nitrogen and oxygen atoms in total. The smallest absolute Gasteiger partial charge is 0.352 e. The molecule has 1 saturated heterocycles. The van der Waals surface area contributed by atoms with Crippen molar-refractivity contribution in [2.75, 3.05) is 31.1 Å². The van der Waals surface area contributed by atoms with Gasteiger partial charge in [-0.25, -0.2) is 9.78 Å². The third kappa shape index (κ3) is 4.93. The predicted octanol–water partition coefficient (Wildman–Crippen LogP) is 2.81. The van der Waals surface area contributed by atoms with Crippen molar-refractivity contribution in [1.29, 1.82) is 0 Å². The lowest BCUT2D eigenvalue weighted by atomic mass is 10.1. The highest BCUT2D eigenvalue weighted by molar-refractivity contribution is 6.33. The maximum atomic E-state index is 13.0. The minimum absolute atomic E-state index is 0.109. The molecule has 30 heavy (non-hydrogen) atoms. The summed E-state index contributed by atoms with van der Waals surface area (Å²) in [6, 6.07) is 7.78. The lowest BCUT2D eigenvalue weighted by Crippen LogP contribution is -2.52. The Hall–Kier alpha value is -3.01. The first kappa shape index (κ1) is 21.7. The van der Waals surface area contributed by atoms with Crippen molar-refractivity contribution >= 4 is 29.4 Å². The van der Waals surface area contributed by atoms with E-state index >= 15 is 0 Å². The van der Waals surface area contributed by atoms with Crippen LogP contribution in [0.1, 0.15) is 17.2 Å². The van der Waals surface area contributed by atoms with E-state index in [4.69, 9.17) is 17.3 Å². The van der Waals surface area contributed by atoms with Crippen LogP contribution in [0.3, 0.4) is 0 Å². The third-order valence-corrected chi connectivity index (χ3v) is 4.98. The Kier molecular flexibility index (Phi) is 6.35. The quantitative estimate of drug-likeness (QED) is 0.763. The topological polar surface area (TPSA) is 91.6 Å². The number of piperazine rings is 1. The van der Waals surface area contributed by atoms with Crippen molar-refractivity contribution in [2.24, 2.45) is 5.73 Å². The fourth-order valence-corrected chi connectivity index (χ4v) is 3.50. The first-order valence-electron chi connectivity index (χ1n) is 9.04. The second kappa shape index (κ2) is 8.78. The third-order valence-electron chi connectivity index (χ3n) is 4.71. The summed E-state index contributed by atoms with van der Waals surface area (Å²) in [7, 11) is 0. The number of benzene rings is 1. The Morgan fingerprint density at radius 1 is 1.13 bits per heavy atom. The van der Waals surface area contributed by atoms with Gasteiger partial charge in [-0.1, -0.05) is 41.9 Å².